The van der Waals surface area contributed by atoms with E-state index in [1.165, 1.54) is 0 Å². The standard InChI is InChI=1S/C15H12ClN5/c16-13-9-10(5-7-18-13)15-20-19-14-6-8-17-11-3-1-2-4-12(11)21(14)15/h1-5,7,9,17H,6,8H2. The highest BCUT2D eigenvalue weighted by atomic mass is 35.5. The van der Waals surface area contributed by atoms with E-state index in [1.807, 2.05) is 18.2 Å². The summed E-state index contributed by atoms with van der Waals surface area (Å²) in [4.78, 5) is 4.02. The fourth-order valence-corrected chi connectivity index (χ4v) is 2.76. The highest BCUT2D eigenvalue weighted by Crippen LogP contribution is 2.30. The first-order valence-corrected chi connectivity index (χ1v) is 7.10. The summed E-state index contributed by atoms with van der Waals surface area (Å²) >= 11 is 6.00. The molecule has 1 aromatic carbocycles. The molecule has 1 aliphatic heterocycles. The lowest BCUT2D eigenvalue weighted by Crippen LogP contribution is -2.03. The zero-order chi connectivity index (χ0) is 14.2. The van der Waals surface area contributed by atoms with Crippen LogP contribution < -0.4 is 5.32 Å². The van der Waals surface area contributed by atoms with Gasteiger partial charge in [0.15, 0.2) is 5.82 Å². The number of anilines is 1. The van der Waals surface area contributed by atoms with E-state index in [0.717, 1.165) is 41.6 Å². The molecule has 0 radical (unpaired) electrons. The van der Waals surface area contributed by atoms with E-state index in [-0.39, 0.29) is 0 Å². The van der Waals surface area contributed by atoms with Crippen molar-refractivity contribution in [2.24, 2.45) is 0 Å². The van der Waals surface area contributed by atoms with Gasteiger partial charge in [0, 0.05) is 24.7 Å². The maximum absolute atomic E-state index is 6.00. The van der Waals surface area contributed by atoms with Crippen LogP contribution in [0, 0.1) is 0 Å². The van der Waals surface area contributed by atoms with E-state index in [0.29, 0.717) is 5.15 Å². The molecule has 1 N–H and O–H groups in total. The highest BCUT2D eigenvalue weighted by Gasteiger charge is 2.20. The van der Waals surface area contributed by atoms with Crippen LogP contribution in [0.3, 0.4) is 0 Å². The second-order valence-corrected chi connectivity index (χ2v) is 5.22. The van der Waals surface area contributed by atoms with Crippen LogP contribution in [-0.2, 0) is 6.42 Å². The second-order valence-electron chi connectivity index (χ2n) is 4.84. The van der Waals surface area contributed by atoms with Gasteiger partial charge in [0.25, 0.3) is 0 Å². The summed E-state index contributed by atoms with van der Waals surface area (Å²) in [6.45, 7) is 0.840. The van der Waals surface area contributed by atoms with Gasteiger partial charge < -0.3 is 5.32 Å². The Labute approximate surface area is 126 Å². The van der Waals surface area contributed by atoms with Crippen LogP contribution in [0.2, 0.25) is 5.15 Å². The Morgan fingerprint density at radius 1 is 1.14 bits per heavy atom. The number of para-hydroxylation sites is 2. The van der Waals surface area contributed by atoms with Gasteiger partial charge in [-0.05, 0) is 24.3 Å². The summed E-state index contributed by atoms with van der Waals surface area (Å²) in [5.74, 6) is 1.72. The van der Waals surface area contributed by atoms with E-state index in [2.05, 4.69) is 37.2 Å². The quantitative estimate of drug-likeness (QED) is 0.702. The summed E-state index contributed by atoms with van der Waals surface area (Å²) in [6.07, 6.45) is 2.50. The van der Waals surface area contributed by atoms with Crippen molar-refractivity contribution in [1.29, 1.82) is 0 Å². The van der Waals surface area contributed by atoms with Gasteiger partial charge in [-0.15, -0.1) is 10.2 Å². The topological polar surface area (TPSA) is 55.6 Å². The fourth-order valence-electron chi connectivity index (χ4n) is 2.59. The molecule has 21 heavy (non-hydrogen) atoms. The number of aromatic nitrogens is 4. The molecule has 4 rings (SSSR count). The van der Waals surface area contributed by atoms with E-state index in [4.69, 9.17) is 11.6 Å². The molecule has 0 amide bonds. The molecule has 5 nitrogen and oxygen atoms in total. The van der Waals surface area contributed by atoms with Crippen molar-refractivity contribution >= 4 is 17.3 Å². The molecule has 0 aliphatic carbocycles. The van der Waals surface area contributed by atoms with Crippen molar-refractivity contribution in [3.05, 3.63) is 53.6 Å². The van der Waals surface area contributed by atoms with Crippen molar-refractivity contribution < 1.29 is 0 Å². The van der Waals surface area contributed by atoms with E-state index in [1.54, 1.807) is 12.3 Å². The van der Waals surface area contributed by atoms with Gasteiger partial charge in [0.05, 0.1) is 11.4 Å². The predicted octanol–water partition coefficient (Wildman–Crippen LogP) is 2.95. The number of fused-ring (bicyclic) bond motifs is 3. The highest BCUT2D eigenvalue weighted by molar-refractivity contribution is 6.29. The first-order valence-electron chi connectivity index (χ1n) is 6.72. The van der Waals surface area contributed by atoms with Crippen molar-refractivity contribution in [2.45, 2.75) is 6.42 Å². The minimum atomic E-state index is 0.449. The number of nitrogens with one attached hydrogen (secondary N) is 1. The van der Waals surface area contributed by atoms with Gasteiger partial charge in [-0.2, -0.15) is 0 Å². The van der Waals surface area contributed by atoms with Crippen LogP contribution >= 0.6 is 11.6 Å². The summed E-state index contributed by atoms with van der Waals surface area (Å²) in [5.41, 5.74) is 3.04. The smallest absolute Gasteiger partial charge is 0.168 e. The van der Waals surface area contributed by atoms with Gasteiger partial charge in [-0.3, -0.25) is 4.57 Å². The number of hydrogen-bond acceptors (Lipinski definition) is 4. The van der Waals surface area contributed by atoms with Crippen LogP contribution in [0.15, 0.2) is 42.6 Å². The van der Waals surface area contributed by atoms with Crippen LogP contribution in [0.4, 0.5) is 5.69 Å². The fraction of sp³-hybridized carbons (Fsp3) is 0.133. The van der Waals surface area contributed by atoms with Crippen LogP contribution in [0.25, 0.3) is 17.1 Å². The van der Waals surface area contributed by atoms with Crippen molar-refractivity contribution in [1.82, 2.24) is 19.7 Å². The molecule has 2 aromatic heterocycles. The van der Waals surface area contributed by atoms with Gasteiger partial charge in [0.1, 0.15) is 11.0 Å². The molecule has 0 spiro atoms. The molecule has 0 bridgehead atoms. The maximum Gasteiger partial charge on any atom is 0.168 e. The van der Waals surface area contributed by atoms with Gasteiger partial charge in [-0.25, -0.2) is 4.98 Å². The number of halogens is 1. The lowest BCUT2D eigenvalue weighted by atomic mass is 10.2. The van der Waals surface area contributed by atoms with Crippen LogP contribution in [0.5, 0.6) is 0 Å². The molecule has 0 saturated heterocycles. The van der Waals surface area contributed by atoms with Crippen molar-refractivity contribution in [2.75, 3.05) is 11.9 Å². The van der Waals surface area contributed by atoms with E-state index >= 15 is 0 Å². The van der Waals surface area contributed by atoms with Crippen LogP contribution in [0.1, 0.15) is 5.82 Å². The number of hydrogen-bond donors (Lipinski definition) is 1. The van der Waals surface area contributed by atoms with Gasteiger partial charge in [0.2, 0.25) is 0 Å². The first-order chi connectivity index (χ1) is 10.3. The third kappa shape index (κ3) is 2.06. The number of rotatable bonds is 1. The third-order valence-corrected chi connectivity index (χ3v) is 3.73. The van der Waals surface area contributed by atoms with Gasteiger partial charge in [-0.1, -0.05) is 23.7 Å². The molecule has 6 heteroatoms. The predicted molar refractivity (Wildman–Crippen MR) is 81.8 cm³/mol. The minimum Gasteiger partial charge on any atom is -0.383 e. The summed E-state index contributed by atoms with van der Waals surface area (Å²) in [5, 5.41) is 12.5. The van der Waals surface area contributed by atoms with Gasteiger partial charge >= 0.3 is 0 Å². The van der Waals surface area contributed by atoms with E-state index in [9.17, 15) is 0 Å². The zero-order valence-electron chi connectivity index (χ0n) is 11.1. The van der Waals surface area contributed by atoms with Crippen molar-refractivity contribution in [3.63, 3.8) is 0 Å². The number of nitrogens with zero attached hydrogens (tertiary/aromatic N) is 4. The Balaban J connectivity index is 1.97. The minimum absolute atomic E-state index is 0.449. The number of benzene rings is 1. The van der Waals surface area contributed by atoms with E-state index < -0.39 is 0 Å². The Kier molecular flexibility index (Phi) is 2.86. The summed E-state index contributed by atoms with van der Waals surface area (Å²) < 4.78 is 2.08. The molecule has 0 saturated carbocycles. The molecule has 0 fully saturated rings. The number of pyridine rings is 1. The lowest BCUT2D eigenvalue weighted by Gasteiger charge is -2.11. The largest absolute Gasteiger partial charge is 0.383 e. The summed E-state index contributed by atoms with van der Waals surface area (Å²) in [7, 11) is 0. The molecule has 3 heterocycles. The molecule has 104 valence electrons. The Bertz CT molecular complexity index is 811. The maximum atomic E-state index is 6.00. The molecule has 0 atom stereocenters. The monoisotopic (exact) mass is 297 g/mol. The Morgan fingerprint density at radius 3 is 2.95 bits per heavy atom. The first kappa shape index (κ1) is 12.3. The average Bonchev–Trinajstić information content (AvgIpc) is 2.83. The molecular formula is C15H12ClN5. The SMILES string of the molecule is Clc1cc(-c2nnc3n2-c2ccccc2NCC3)ccn1. The second kappa shape index (κ2) is 4.86. The zero-order valence-corrected chi connectivity index (χ0v) is 11.9. The normalized spacial score (nSPS) is 13.0. The third-order valence-electron chi connectivity index (χ3n) is 3.52. The lowest BCUT2D eigenvalue weighted by molar-refractivity contribution is 0.873. The Morgan fingerprint density at radius 2 is 2.05 bits per heavy atom. The van der Waals surface area contributed by atoms with Crippen LogP contribution in [-0.4, -0.2) is 26.3 Å². The molecule has 3 aromatic rings. The molecule has 1 aliphatic rings. The Hall–Kier alpha value is -2.40. The average molecular weight is 298 g/mol. The molecule has 0 unspecified atom stereocenters. The molecular weight excluding hydrogens is 286 g/mol. The van der Waals surface area contributed by atoms with Crippen molar-refractivity contribution in [3.8, 4) is 17.1 Å². The summed E-state index contributed by atoms with van der Waals surface area (Å²) in [6, 6.07) is 11.9.